The third-order valence-corrected chi connectivity index (χ3v) is 4.15. The molecule has 7 heteroatoms. The van der Waals surface area contributed by atoms with Gasteiger partial charge in [0.1, 0.15) is 17.0 Å². The van der Waals surface area contributed by atoms with E-state index in [4.69, 9.17) is 9.47 Å². The third-order valence-electron chi connectivity index (χ3n) is 4.15. The Bertz CT molecular complexity index is 1210. The Balaban J connectivity index is 1.66. The molecule has 0 unspecified atom stereocenters. The average Bonchev–Trinajstić information content (AvgIpc) is 2.74. The van der Waals surface area contributed by atoms with Gasteiger partial charge in [-0.3, -0.25) is 15.1 Å². The van der Waals surface area contributed by atoms with E-state index in [1.54, 1.807) is 48.5 Å². The minimum atomic E-state index is -0.746. The fourth-order valence-corrected chi connectivity index (χ4v) is 2.81. The first-order chi connectivity index (χ1) is 14.1. The molecule has 0 fully saturated rings. The van der Waals surface area contributed by atoms with Gasteiger partial charge in [-0.05, 0) is 42.5 Å². The standard InChI is InChI=1S/C22H14N2O5/c25-22(16-6-4-10-18(14-16)28-17-8-2-1-3-9-17)29-21-19(24(26)27)12-11-15-7-5-13-23-20(15)21/h1-14H. The van der Waals surface area contributed by atoms with Gasteiger partial charge in [0, 0.05) is 17.6 Å². The summed E-state index contributed by atoms with van der Waals surface area (Å²) >= 11 is 0. The highest BCUT2D eigenvalue weighted by molar-refractivity contribution is 5.96. The van der Waals surface area contributed by atoms with E-state index in [0.717, 1.165) is 0 Å². The molecule has 3 aromatic carbocycles. The lowest BCUT2D eigenvalue weighted by atomic mass is 10.1. The van der Waals surface area contributed by atoms with Crippen LogP contribution < -0.4 is 9.47 Å². The number of benzene rings is 3. The van der Waals surface area contributed by atoms with Crippen molar-refractivity contribution in [1.29, 1.82) is 0 Å². The topological polar surface area (TPSA) is 91.6 Å². The average molecular weight is 386 g/mol. The fourth-order valence-electron chi connectivity index (χ4n) is 2.81. The Morgan fingerprint density at radius 2 is 1.69 bits per heavy atom. The number of fused-ring (bicyclic) bond motifs is 1. The molecule has 4 aromatic rings. The van der Waals surface area contributed by atoms with Crippen LogP contribution in [0.2, 0.25) is 0 Å². The van der Waals surface area contributed by atoms with E-state index < -0.39 is 10.9 Å². The number of carbonyl (C=O) groups excluding carboxylic acids is 1. The fraction of sp³-hybridized carbons (Fsp3) is 0. The van der Waals surface area contributed by atoms with Crippen LogP contribution in [-0.2, 0) is 0 Å². The number of hydrogen-bond acceptors (Lipinski definition) is 6. The minimum absolute atomic E-state index is 0.188. The van der Waals surface area contributed by atoms with Gasteiger partial charge in [0.15, 0.2) is 0 Å². The summed E-state index contributed by atoms with van der Waals surface area (Å²) in [6, 6.07) is 21.8. The summed E-state index contributed by atoms with van der Waals surface area (Å²) in [6.07, 6.45) is 1.48. The zero-order valence-electron chi connectivity index (χ0n) is 15.0. The molecule has 7 nitrogen and oxygen atoms in total. The van der Waals surface area contributed by atoms with Gasteiger partial charge >= 0.3 is 11.7 Å². The number of aromatic nitrogens is 1. The van der Waals surface area contributed by atoms with Gasteiger partial charge in [0.2, 0.25) is 5.75 Å². The first-order valence-electron chi connectivity index (χ1n) is 8.69. The zero-order chi connectivity index (χ0) is 20.2. The van der Waals surface area contributed by atoms with E-state index in [-0.39, 0.29) is 22.5 Å². The maximum Gasteiger partial charge on any atom is 0.343 e. The molecule has 142 valence electrons. The van der Waals surface area contributed by atoms with Crippen LogP contribution in [0.3, 0.4) is 0 Å². The van der Waals surface area contributed by atoms with E-state index in [9.17, 15) is 14.9 Å². The monoisotopic (exact) mass is 386 g/mol. The molecule has 0 aliphatic carbocycles. The van der Waals surface area contributed by atoms with Gasteiger partial charge in [0.05, 0.1) is 10.5 Å². The Hall–Kier alpha value is -4.26. The number of nitrogens with zero attached hydrogens (tertiary/aromatic N) is 2. The molecule has 0 atom stereocenters. The van der Waals surface area contributed by atoms with Crippen molar-refractivity contribution in [3.8, 4) is 17.2 Å². The van der Waals surface area contributed by atoms with Crippen LogP contribution in [0, 0.1) is 10.1 Å². The van der Waals surface area contributed by atoms with Gasteiger partial charge in [-0.2, -0.15) is 0 Å². The van der Waals surface area contributed by atoms with E-state index in [0.29, 0.717) is 16.9 Å². The van der Waals surface area contributed by atoms with Crippen LogP contribution in [0.5, 0.6) is 17.2 Å². The number of rotatable bonds is 5. The zero-order valence-corrected chi connectivity index (χ0v) is 15.0. The smallest absolute Gasteiger partial charge is 0.343 e. The highest BCUT2D eigenvalue weighted by atomic mass is 16.6. The van der Waals surface area contributed by atoms with Crippen molar-refractivity contribution in [2.24, 2.45) is 0 Å². The van der Waals surface area contributed by atoms with Gasteiger partial charge in [-0.15, -0.1) is 0 Å². The molecular weight excluding hydrogens is 372 g/mol. The molecule has 0 N–H and O–H groups in total. The maximum atomic E-state index is 12.7. The maximum absolute atomic E-state index is 12.7. The summed E-state index contributed by atoms with van der Waals surface area (Å²) in [6.45, 7) is 0. The van der Waals surface area contributed by atoms with Crippen LogP contribution in [-0.4, -0.2) is 15.9 Å². The van der Waals surface area contributed by atoms with Crippen LogP contribution in [0.1, 0.15) is 10.4 Å². The molecule has 4 rings (SSSR count). The summed E-state index contributed by atoms with van der Waals surface area (Å²) in [4.78, 5) is 27.6. The summed E-state index contributed by atoms with van der Waals surface area (Å²) in [5.74, 6) is 0.125. The van der Waals surface area contributed by atoms with Crippen molar-refractivity contribution in [2.75, 3.05) is 0 Å². The first kappa shape index (κ1) is 18.1. The molecule has 0 amide bonds. The van der Waals surface area contributed by atoms with Crippen LogP contribution in [0.15, 0.2) is 85.1 Å². The molecule has 0 saturated carbocycles. The normalized spacial score (nSPS) is 10.5. The predicted octanol–water partition coefficient (Wildman–Crippen LogP) is 5.15. The minimum Gasteiger partial charge on any atom is -0.457 e. The molecule has 0 aliphatic heterocycles. The second-order valence-electron chi connectivity index (χ2n) is 6.08. The summed E-state index contributed by atoms with van der Waals surface area (Å²) in [7, 11) is 0. The lowest BCUT2D eigenvalue weighted by molar-refractivity contribution is -0.385. The Labute approximate surface area is 165 Å². The molecule has 0 spiro atoms. The van der Waals surface area contributed by atoms with Crippen molar-refractivity contribution in [1.82, 2.24) is 4.98 Å². The van der Waals surface area contributed by atoms with Crippen LogP contribution >= 0.6 is 0 Å². The SMILES string of the molecule is O=C(Oc1c([N+](=O)[O-])ccc2cccnc12)c1cccc(Oc2ccccc2)c1. The van der Waals surface area contributed by atoms with Gasteiger partial charge in [-0.25, -0.2) is 4.79 Å². The summed E-state index contributed by atoms with van der Waals surface area (Å²) in [5.41, 5.74) is 0.105. The summed E-state index contributed by atoms with van der Waals surface area (Å²) in [5, 5.41) is 12.0. The van der Waals surface area contributed by atoms with Crippen LogP contribution in [0.4, 0.5) is 5.69 Å². The number of nitro benzene ring substituents is 1. The number of esters is 1. The molecule has 29 heavy (non-hydrogen) atoms. The second-order valence-corrected chi connectivity index (χ2v) is 6.08. The Morgan fingerprint density at radius 3 is 2.48 bits per heavy atom. The van der Waals surface area contributed by atoms with Crippen molar-refractivity contribution in [3.63, 3.8) is 0 Å². The molecule has 1 aromatic heterocycles. The number of para-hydroxylation sites is 1. The van der Waals surface area contributed by atoms with Crippen molar-refractivity contribution >= 4 is 22.6 Å². The van der Waals surface area contributed by atoms with E-state index in [1.165, 1.54) is 18.3 Å². The number of hydrogen-bond donors (Lipinski definition) is 0. The van der Waals surface area contributed by atoms with Gasteiger partial charge < -0.3 is 9.47 Å². The van der Waals surface area contributed by atoms with Crippen molar-refractivity contribution < 1.29 is 19.2 Å². The number of ether oxygens (including phenoxy) is 2. The van der Waals surface area contributed by atoms with E-state index in [1.807, 2.05) is 18.2 Å². The lowest BCUT2D eigenvalue weighted by Gasteiger charge is -2.09. The molecule has 0 radical (unpaired) electrons. The molecule has 0 aliphatic rings. The largest absolute Gasteiger partial charge is 0.457 e. The van der Waals surface area contributed by atoms with E-state index >= 15 is 0 Å². The quantitative estimate of drug-likeness (QED) is 0.204. The third kappa shape index (κ3) is 3.89. The number of pyridine rings is 1. The van der Waals surface area contributed by atoms with Crippen LogP contribution in [0.25, 0.3) is 10.9 Å². The highest BCUT2D eigenvalue weighted by Gasteiger charge is 2.23. The second kappa shape index (κ2) is 7.77. The molecular formula is C22H14N2O5. The first-order valence-corrected chi connectivity index (χ1v) is 8.69. The van der Waals surface area contributed by atoms with Gasteiger partial charge in [0.25, 0.3) is 0 Å². The Morgan fingerprint density at radius 1 is 0.897 bits per heavy atom. The summed E-state index contributed by atoms with van der Waals surface area (Å²) < 4.78 is 11.1. The molecule has 0 bridgehead atoms. The number of carbonyl (C=O) groups is 1. The molecule has 1 heterocycles. The van der Waals surface area contributed by atoms with E-state index in [2.05, 4.69) is 4.98 Å². The predicted molar refractivity (Wildman–Crippen MR) is 106 cm³/mol. The van der Waals surface area contributed by atoms with Crippen molar-refractivity contribution in [3.05, 3.63) is 101 Å². The number of nitro groups is 1. The van der Waals surface area contributed by atoms with Crippen molar-refractivity contribution in [2.45, 2.75) is 0 Å². The lowest BCUT2D eigenvalue weighted by Crippen LogP contribution is -2.10. The Kier molecular flexibility index (Phi) is 4.86. The van der Waals surface area contributed by atoms with Gasteiger partial charge in [-0.1, -0.05) is 30.3 Å². The highest BCUT2D eigenvalue weighted by Crippen LogP contribution is 2.34. The molecule has 0 saturated heterocycles.